The molecule has 0 unspecified atom stereocenters. The zero-order chi connectivity index (χ0) is 24.6. The van der Waals surface area contributed by atoms with Crippen molar-refractivity contribution in [2.75, 3.05) is 0 Å². The van der Waals surface area contributed by atoms with Gasteiger partial charge in [0.05, 0.1) is 16.8 Å². The van der Waals surface area contributed by atoms with E-state index in [1.807, 2.05) is 85.8 Å². The highest BCUT2D eigenvalue weighted by atomic mass is 16.5. The van der Waals surface area contributed by atoms with Gasteiger partial charge in [0.1, 0.15) is 12.2 Å². The molecule has 0 spiro atoms. The molecule has 174 valence electrons. The van der Waals surface area contributed by atoms with E-state index in [1.54, 1.807) is 12.1 Å². The summed E-state index contributed by atoms with van der Waals surface area (Å²) in [4.78, 5) is 30.4. The van der Waals surface area contributed by atoms with Crippen LogP contribution in [0.15, 0.2) is 106 Å². The third-order valence-corrected chi connectivity index (χ3v) is 6.36. The molecule has 0 atom stereocenters. The van der Waals surface area contributed by atoms with E-state index in [-0.39, 0.29) is 6.61 Å². The van der Waals surface area contributed by atoms with Crippen LogP contribution in [0.2, 0.25) is 0 Å². The van der Waals surface area contributed by atoms with Crippen molar-refractivity contribution < 1.29 is 13.9 Å². The molecule has 0 aliphatic heterocycles. The molecule has 0 fully saturated rings. The first kappa shape index (κ1) is 21.7. The van der Waals surface area contributed by atoms with Gasteiger partial charge in [0.25, 0.3) is 0 Å². The maximum atomic E-state index is 13.4. The lowest BCUT2D eigenvalue weighted by molar-refractivity contribution is 0.0476. The number of rotatable bonds is 4. The summed E-state index contributed by atoms with van der Waals surface area (Å²) < 4.78 is 11.2. The number of nitrogens with zero attached hydrogens (tertiary/aromatic N) is 1. The highest BCUT2D eigenvalue weighted by Gasteiger charge is 2.17. The van der Waals surface area contributed by atoms with Crippen LogP contribution in [0.4, 0.5) is 0 Å². The molecule has 0 saturated carbocycles. The Kier molecular flexibility index (Phi) is 5.30. The van der Waals surface area contributed by atoms with Gasteiger partial charge in [-0.2, -0.15) is 0 Å². The smallest absolute Gasteiger partial charge is 0.339 e. The third-order valence-electron chi connectivity index (χ3n) is 6.36. The number of benzene rings is 4. The number of aromatic nitrogens is 1. The van der Waals surface area contributed by atoms with Crippen LogP contribution < -0.4 is 5.63 Å². The van der Waals surface area contributed by atoms with Gasteiger partial charge in [-0.15, -0.1) is 0 Å². The first-order valence-corrected chi connectivity index (χ1v) is 11.7. The van der Waals surface area contributed by atoms with E-state index >= 15 is 0 Å². The van der Waals surface area contributed by atoms with Gasteiger partial charge in [-0.05, 0) is 35.9 Å². The van der Waals surface area contributed by atoms with E-state index in [0.717, 1.165) is 27.3 Å². The van der Waals surface area contributed by atoms with Crippen LogP contribution >= 0.6 is 0 Å². The normalized spacial score (nSPS) is 11.2. The molecule has 0 aliphatic rings. The Bertz CT molecular complexity index is 1830. The summed E-state index contributed by atoms with van der Waals surface area (Å²) in [5, 5.41) is 3.41. The molecular weight excluding hydrogens is 450 g/mol. The van der Waals surface area contributed by atoms with Gasteiger partial charge in [0.2, 0.25) is 0 Å². The molecule has 0 amide bonds. The van der Waals surface area contributed by atoms with Gasteiger partial charge in [0.15, 0.2) is 0 Å². The number of ether oxygens (including phenoxy) is 1. The van der Waals surface area contributed by atoms with E-state index in [4.69, 9.17) is 14.1 Å². The number of fused-ring (bicyclic) bond motifs is 4. The maximum absolute atomic E-state index is 13.4. The van der Waals surface area contributed by atoms with Crippen LogP contribution in [-0.4, -0.2) is 11.0 Å². The Morgan fingerprint density at radius 1 is 0.861 bits per heavy atom. The number of para-hydroxylation sites is 1. The summed E-state index contributed by atoms with van der Waals surface area (Å²) in [5.41, 5.74) is 4.46. The van der Waals surface area contributed by atoms with E-state index in [0.29, 0.717) is 33.3 Å². The van der Waals surface area contributed by atoms with Crippen LogP contribution in [0.3, 0.4) is 0 Å². The van der Waals surface area contributed by atoms with Crippen molar-refractivity contribution in [1.29, 1.82) is 0 Å². The molecule has 0 radical (unpaired) electrons. The van der Waals surface area contributed by atoms with Gasteiger partial charge >= 0.3 is 11.6 Å². The van der Waals surface area contributed by atoms with Gasteiger partial charge in [-0.1, -0.05) is 78.4 Å². The standard InChI is InChI=1S/C31H21NO4/c1-19-10-12-21(13-11-19)27-17-25(24-8-4-5-9-26(24)32-27)31(34)35-18-22-16-29(33)36-28-15-14-20-6-2-3-7-23(20)30(22)28/h2-17H,18H2,1H3. The van der Waals surface area contributed by atoms with E-state index in [1.165, 1.54) is 6.07 Å². The topological polar surface area (TPSA) is 69.4 Å². The van der Waals surface area contributed by atoms with Gasteiger partial charge in [-0.25, -0.2) is 14.6 Å². The molecule has 6 rings (SSSR count). The van der Waals surface area contributed by atoms with Gasteiger partial charge in [-0.3, -0.25) is 0 Å². The fraction of sp³-hybridized carbons (Fsp3) is 0.0645. The molecule has 0 N–H and O–H groups in total. The van der Waals surface area contributed by atoms with Crippen molar-refractivity contribution in [2.45, 2.75) is 13.5 Å². The Morgan fingerprint density at radius 2 is 1.61 bits per heavy atom. The van der Waals surface area contributed by atoms with E-state index in [2.05, 4.69) is 0 Å². The van der Waals surface area contributed by atoms with Crippen LogP contribution in [0, 0.1) is 6.92 Å². The van der Waals surface area contributed by atoms with Crippen molar-refractivity contribution in [3.63, 3.8) is 0 Å². The first-order chi connectivity index (χ1) is 17.6. The predicted molar refractivity (Wildman–Crippen MR) is 141 cm³/mol. The highest BCUT2D eigenvalue weighted by Crippen LogP contribution is 2.29. The number of carbonyl (C=O) groups is 1. The lowest BCUT2D eigenvalue weighted by Crippen LogP contribution is -2.09. The molecule has 0 aliphatic carbocycles. The monoisotopic (exact) mass is 471 g/mol. The highest BCUT2D eigenvalue weighted by molar-refractivity contribution is 6.07. The number of pyridine rings is 1. The second-order valence-corrected chi connectivity index (χ2v) is 8.76. The van der Waals surface area contributed by atoms with Crippen molar-refractivity contribution in [1.82, 2.24) is 4.98 Å². The summed E-state index contributed by atoms with van der Waals surface area (Å²) in [7, 11) is 0. The average Bonchev–Trinajstić information content (AvgIpc) is 2.91. The van der Waals surface area contributed by atoms with Crippen molar-refractivity contribution >= 4 is 38.6 Å². The largest absolute Gasteiger partial charge is 0.457 e. The van der Waals surface area contributed by atoms with Crippen molar-refractivity contribution in [3.05, 3.63) is 124 Å². The Balaban J connectivity index is 1.41. The van der Waals surface area contributed by atoms with Gasteiger partial charge < -0.3 is 9.15 Å². The molecule has 36 heavy (non-hydrogen) atoms. The quantitative estimate of drug-likeness (QED) is 0.160. The molecule has 6 aromatic rings. The minimum atomic E-state index is -0.486. The van der Waals surface area contributed by atoms with Crippen LogP contribution in [0.25, 0.3) is 43.9 Å². The molecular formula is C31H21NO4. The van der Waals surface area contributed by atoms with E-state index < -0.39 is 11.6 Å². The Labute approximate surface area is 206 Å². The van der Waals surface area contributed by atoms with Crippen LogP contribution in [0.5, 0.6) is 0 Å². The maximum Gasteiger partial charge on any atom is 0.339 e. The fourth-order valence-corrected chi connectivity index (χ4v) is 4.57. The second-order valence-electron chi connectivity index (χ2n) is 8.76. The fourth-order valence-electron chi connectivity index (χ4n) is 4.57. The summed E-state index contributed by atoms with van der Waals surface area (Å²) in [5.74, 6) is -0.483. The number of hydrogen-bond donors (Lipinski definition) is 0. The van der Waals surface area contributed by atoms with Crippen LogP contribution in [-0.2, 0) is 11.3 Å². The Hall–Kier alpha value is -4.77. The summed E-state index contributed by atoms with van der Waals surface area (Å²) in [6, 6.07) is 30.2. The van der Waals surface area contributed by atoms with Crippen molar-refractivity contribution in [3.8, 4) is 11.3 Å². The summed E-state index contributed by atoms with van der Waals surface area (Å²) in [6.45, 7) is 1.96. The first-order valence-electron chi connectivity index (χ1n) is 11.7. The lowest BCUT2D eigenvalue weighted by Gasteiger charge is -2.12. The van der Waals surface area contributed by atoms with Crippen molar-refractivity contribution in [2.24, 2.45) is 0 Å². The lowest BCUT2D eigenvalue weighted by atomic mass is 10.0. The molecule has 2 aromatic heterocycles. The predicted octanol–water partition coefficient (Wildman–Crippen LogP) is 6.83. The molecule has 0 bridgehead atoms. The summed E-state index contributed by atoms with van der Waals surface area (Å²) >= 11 is 0. The minimum Gasteiger partial charge on any atom is -0.457 e. The zero-order valence-corrected chi connectivity index (χ0v) is 19.5. The number of esters is 1. The third kappa shape index (κ3) is 3.91. The minimum absolute atomic E-state index is 0.0640. The molecule has 5 heteroatoms. The number of hydrogen-bond acceptors (Lipinski definition) is 5. The van der Waals surface area contributed by atoms with E-state index in [9.17, 15) is 9.59 Å². The zero-order valence-electron chi connectivity index (χ0n) is 19.5. The molecule has 0 saturated heterocycles. The second kappa shape index (κ2) is 8.78. The molecule has 5 nitrogen and oxygen atoms in total. The summed E-state index contributed by atoms with van der Waals surface area (Å²) in [6.07, 6.45) is 0. The van der Waals surface area contributed by atoms with Gasteiger partial charge in [0, 0.05) is 28.0 Å². The number of aryl methyl sites for hydroxylation is 1. The van der Waals surface area contributed by atoms with Crippen LogP contribution in [0.1, 0.15) is 21.5 Å². The average molecular weight is 472 g/mol. The Morgan fingerprint density at radius 3 is 2.44 bits per heavy atom. The SMILES string of the molecule is Cc1ccc(-c2cc(C(=O)OCc3cc(=O)oc4ccc5ccccc5c34)c3ccccc3n2)cc1. The number of carbonyl (C=O) groups excluding carboxylic acids is 1. The molecule has 4 aromatic carbocycles. The molecule has 2 heterocycles.